The molecule has 3 atom stereocenters. The molecule has 1 aromatic rings. The maximum absolute atomic E-state index is 12.0. The molecule has 1 aliphatic heterocycles. The lowest BCUT2D eigenvalue weighted by atomic mass is 10.1. The summed E-state index contributed by atoms with van der Waals surface area (Å²) in [5, 5.41) is 1.87. The number of likely N-dealkylation sites (tertiary alicyclic amines) is 1. The van der Waals surface area contributed by atoms with Crippen LogP contribution in [-0.2, 0) is 14.6 Å². The third kappa shape index (κ3) is 4.08. The van der Waals surface area contributed by atoms with E-state index in [4.69, 9.17) is 0 Å². The molecule has 122 valence electrons. The number of nitrogens with one attached hydrogen (secondary N) is 1. The van der Waals surface area contributed by atoms with Crippen LogP contribution in [0.25, 0.3) is 0 Å². The molecule has 0 radical (unpaired) electrons. The van der Waals surface area contributed by atoms with Gasteiger partial charge in [-0.3, -0.25) is 9.69 Å². The van der Waals surface area contributed by atoms with E-state index >= 15 is 0 Å². The van der Waals surface area contributed by atoms with E-state index < -0.39 is 21.0 Å². The van der Waals surface area contributed by atoms with Gasteiger partial charge in [-0.05, 0) is 25.8 Å². The normalized spacial score (nSPS) is 22.2. The predicted octanol–water partition coefficient (Wildman–Crippen LogP) is 1.37. The Kier molecular flexibility index (Phi) is 5.24. The van der Waals surface area contributed by atoms with Crippen LogP contribution in [0.5, 0.6) is 0 Å². The molecule has 1 amide bonds. The van der Waals surface area contributed by atoms with Gasteiger partial charge in [-0.25, -0.2) is 8.42 Å². The Morgan fingerprint density at radius 1 is 1.27 bits per heavy atom. The summed E-state index contributed by atoms with van der Waals surface area (Å²) < 4.78 is 22.9. The van der Waals surface area contributed by atoms with Gasteiger partial charge >= 0.3 is 0 Å². The first-order chi connectivity index (χ1) is 10.3. The number of hydrogen-bond donors (Lipinski definition) is 1. The third-order valence-electron chi connectivity index (χ3n) is 4.41. The smallest absolute Gasteiger partial charge is 0.238 e. The average Bonchev–Trinajstić information content (AvgIpc) is 2.94. The zero-order valence-electron chi connectivity index (χ0n) is 13.3. The van der Waals surface area contributed by atoms with E-state index in [2.05, 4.69) is 29.3 Å². The molecule has 0 saturated carbocycles. The Labute approximate surface area is 132 Å². The van der Waals surface area contributed by atoms with Gasteiger partial charge < -0.3 is 5.32 Å². The van der Waals surface area contributed by atoms with Crippen LogP contribution in [0.4, 0.5) is 0 Å². The zero-order chi connectivity index (χ0) is 16.3. The lowest BCUT2D eigenvalue weighted by Crippen LogP contribution is -2.44. The molecule has 0 aromatic heterocycles. The van der Waals surface area contributed by atoms with Gasteiger partial charge in [0.15, 0.2) is 9.84 Å². The molecule has 22 heavy (non-hydrogen) atoms. The summed E-state index contributed by atoms with van der Waals surface area (Å²) in [5.41, 5.74) is 1.25. The highest BCUT2D eigenvalue weighted by Gasteiger charge is 2.31. The van der Waals surface area contributed by atoms with Gasteiger partial charge in [-0.2, -0.15) is 0 Å². The van der Waals surface area contributed by atoms with Crippen molar-refractivity contribution in [2.24, 2.45) is 0 Å². The molecule has 0 spiro atoms. The Balaban J connectivity index is 1.92. The molecule has 1 saturated heterocycles. The van der Waals surface area contributed by atoms with Crippen LogP contribution in [0.3, 0.4) is 0 Å². The highest BCUT2D eigenvalue weighted by molar-refractivity contribution is 7.92. The third-order valence-corrected chi connectivity index (χ3v) is 5.91. The number of carbonyl (C=O) groups is 1. The minimum absolute atomic E-state index is 0.0165. The summed E-state index contributed by atoms with van der Waals surface area (Å²) in [7, 11) is -3.34. The fourth-order valence-corrected chi connectivity index (χ4v) is 3.17. The van der Waals surface area contributed by atoms with Gasteiger partial charge in [0.1, 0.15) is 5.25 Å². The fraction of sp³-hybridized carbons (Fsp3) is 0.562. The summed E-state index contributed by atoms with van der Waals surface area (Å²) in [6, 6.07) is 10.5. The largest absolute Gasteiger partial charge is 0.351 e. The van der Waals surface area contributed by atoms with Crippen molar-refractivity contribution in [3.8, 4) is 0 Å². The van der Waals surface area contributed by atoms with E-state index in [1.165, 1.54) is 12.5 Å². The minimum Gasteiger partial charge on any atom is -0.351 e. The number of carbonyl (C=O) groups excluding carboxylic acids is 1. The molecule has 6 heteroatoms. The number of nitrogens with zero attached hydrogens (tertiary/aromatic N) is 1. The number of benzene rings is 1. The van der Waals surface area contributed by atoms with Crippen molar-refractivity contribution in [2.45, 2.75) is 37.6 Å². The van der Waals surface area contributed by atoms with Crippen LogP contribution in [0.1, 0.15) is 31.9 Å². The predicted molar refractivity (Wildman–Crippen MR) is 87.3 cm³/mol. The fourth-order valence-electron chi connectivity index (χ4n) is 2.71. The van der Waals surface area contributed by atoms with Crippen molar-refractivity contribution in [1.82, 2.24) is 10.2 Å². The quantitative estimate of drug-likeness (QED) is 0.888. The molecule has 1 fully saturated rings. The Hall–Kier alpha value is -1.40. The van der Waals surface area contributed by atoms with Crippen LogP contribution in [0.2, 0.25) is 0 Å². The highest BCUT2D eigenvalue weighted by Crippen LogP contribution is 2.24. The van der Waals surface area contributed by atoms with Crippen molar-refractivity contribution in [3.63, 3.8) is 0 Å². The second kappa shape index (κ2) is 6.79. The Bertz CT molecular complexity index is 616. The summed E-state index contributed by atoms with van der Waals surface area (Å²) in [5.74, 6) is -0.401. The van der Waals surface area contributed by atoms with Crippen molar-refractivity contribution in [1.29, 1.82) is 0 Å². The summed E-state index contributed by atoms with van der Waals surface area (Å²) in [4.78, 5) is 14.3. The van der Waals surface area contributed by atoms with Gasteiger partial charge in [0.2, 0.25) is 5.91 Å². The van der Waals surface area contributed by atoms with Crippen molar-refractivity contribution >= 4 is 15.7 Å². The van der Waals surface area contributed by atoms with Crippen molar-refractivity contribution in [3.05, 3.63) is 35.9 Å². The number of sulfone groups is 1. The second-order valence-electron chi connectivity index (χ2n) is 6.05. The van der Waals surface area contributed by atoms with Gasteiger partial charge in [-0.1, -0.05) is 30.3 Å². The minimum atomic E-state index is -3.34. The molecule has 5 nitrogen and oxygen atoms in total. The number of amides is 1. The topological polar surface area (TPSA) is 66.5 Å². The van der Waals surface area contributed by atoms with E-state index in [0.717, 1.165) is 25.8 Å². The summed E-state index contributed by atoms with van der Waals surface area (Å²) in [6.07, 6.45) is 1.94. The lowest BCUT2D eigenvalue weighted by molar-refractivity contribution is -0.121. The maximum atomic E-state index is 12.0. The van der Waals surface area contributed by atoms with E-state index in [1.54, 1.807) is 0 Å². The Morgan fingerprint density at radius 2 is 1.91 bits per heavy atom. The van der Waals surface area contributed by atoms with Gasteiger partial charge in [0, 0.05) is 31.4 Å². The molecule has 2 rings (SSSR count). The van der Waals surface area contributed by atoms with Crippen molar-refractivity contribution in [2.75, 3.05) is 19.3 Å². The molecule has 0 aliphatic carbocycles. The molecule has 1 aromatic carbocycles. The van der Waals surface area contributed by atoms with Crippen LogP contribution in [0.15, 0.2) is 30.3 Å². The van der Waals surface area contributed by atoms with Crippen LogP contribution < -0.4 is 5.32 Å². The van der Waals surface area contributed by atoms with Crippen LogP contribution >= 0.6 is 0 Å². The molecular weight excluding hydrogens is 300 g/mol. The second-order valence-corrected chi connectivity index (χ2v) is 8.41. The molecule has 1 heterocycles. The van der Waals surface area contributed by atoms with E-state index in [1.807, 2.05) is 18.2 Å². The molecule has 0 bridgehead atoms. The Morgan fingerprint density at radius 3 is 2.50 bits per heavy atom. The molecule has 3 unspecified atom stereocenters. The first-order valence-electron chi connectivity index (χ1n) is 7.57. The van der Waals surface area contributed by atoms with Gasteiger partial charge in [-0.15, -0.1) is 0 Å². The van der Waals surface area contributed by atoms with Crippen LogP contribution in [-0.4, -0.2) is 49.9 Å². The van der Waals surface area contributed by atoms with Crippen LogP contribution in [0, 0.1) is 0 Å². The highest BCUT2D eigenvalue weighted by atomic mass is 32.2. The zero-order valence-corrected chi connectivity index (χ0v) is 14.1. The van der Waals surface area contributed by atoms with Crippen molar-refractivity contribution < 1.29 is 13.2 Å². The lowest BCUT2D eigenvalue weighted by Gasteiger charge is -2.25. The SMILES string of the molecule is CC(c1ccccc1)N1CCC(NC(=O)C(C)S(C)(=O)=O)C1. The standard InChI is InChI=1S/C16H24N2O3S/c1-12(14-7-5-4-6-8-14)18-10-9-15(11-18)17-16(19)13(2)22(3,20)21/h4-8,12-13,15H,9-11H2,1-3H3,(H,17,19). The number of hydrogen-bond acceptors (Lipinski definition) is 4. The van der Waals surface area contributed by atoms with E-state index in [-0.39, 0.29) is 12.1 Å². The molecular formula is C16H24N2O3S. The number of rotatable bonds is 5. The molecule has 1 aliphatic rings. The average molecular weight is 324 g/mol. The van der Waals surface area contributed by atoms with E-state index in [9.17, 15) is 13.2 Å². The summed E-state index contributed by atoms with van der Waals surface area (Å²) in [6.45, 7) is 5.23. The van der Waals surface area contributed by atoms with E-state index in [0.29, 0.717) is 0 Å². The maximum Gasteiger partial charge on any atom is 0.238 e. The van der Waals surface area contributed by atoms with Gasteiger partial charge in [0.05, 0.1) is 0 Å². The molecule has 1 N–H and O–H groups in total. The monoisotopic (exact) mass is 324 g/mol. The summed E-state index contributed by atoms with van der Waals surface area (Å²) >= 11 is 0. The van der Waals surface area contributed by atoms with Gasteiger partial charge in [0.25, 0.3) is 0 Å². The first kappa shape index (κ1) is 17.0. The first-order valence-corrected chi connectivity index (χ1v) is 9.52.